The van der Waals surface area contributed by atoms with Crippen LogP contribution in [0.4, 0.5) is 0 Å². The van der Waals surface area contributed by atoms with Gasteiger partial charge in [-0.2, -0.15) is 0 Å². The van der Waals surface area contributed by atoms with E-state index in [1.807, 2.05) is 24.3 Å². The molecule has 3 rings (SSSR count). The minimum atomic E-state index is -0.682. The van der Waals surface area contributed by atoms with E-state index in [4.69, 9.17) is 0 Å². The largest absolute Gasteiger partial charge is 0.508 e. The quantitative estimate of drug-likeness (QED) is 0.424. The van der Waals surface area contributed by atoms with E-state index in [1.165, 1.54) is 0 Å². The van der Waals surface area contributed by atoms with Gasteiger partial charge in [0.2, 0.25) is 0 Å². The maximum absolute atomic E-state index is 10.8. The van der Waals surface area contributed by atoms with Crippen LogP contribution in [0.15, 0.2) is 72.8 Å². The van der Waals surface area contributed by atoms with Gasteiger partial charge in [-0.15, -0.1) is 0 Å². The van der Waals surface area contributed by atoms with Gasteiger partial charge in [-0.25, -0.2) is 0 Å². The van der Waals surface area contributed by atoms with Gasteiger partial charge in [0.15, 0.2) is 0 Å². The number of benzene rings is 3. The first kappa shape index (κ1) is 21.7. The molecule has 0 bridgehead atoms. The van der Waals surface area contributed by atoms with Crippen LogP contribution in [-0.4, -0.2) is 37.9 Å². The molecule has 0 amide bonds. The Hall–Kier alpha value is -3.02. The van der Waals surface area contributed by atoms with Crippen molar-refractivity contribution in [3.63, 3.8) is 0 Å². The average molecular weight is 408 g/mol. The van der Waals surface area contributed by atoms with Crippen molar-refractivity contribution in [3.8, 4) is 17.2 Å². The highest BCUT2D eigenvalue weighted by molar-refractivity contribution is 5.28. The van der Waals surface area contributed by atoms with E-state index in [-0.39, 0.29) is 23.3 Å². The summed E-state index contributed by atoms with van der Waals surface area (Å²) >= 11 is 0. The Morgan fingerprint density at radius 3 is 1.70 bits per heavy atom. The fourth-order valence-electron chi connectivity index (χ4n) is 3.48. The number of rotatable bonds is 9. The van der Waals surface area contributed by atoms with E-state index in [0.29, 0.717) is 13.1 Å². The van der Waals surface area contributed by atoms with E-state index >= 15 is 0 Å². The molecule has 0 unspecified atom stereocenters. The third-order valence-electron chi connectivity index (χ3n) is 5.42. The molecule has 0 saturated carbocycles. The van der Waals surface area contributed by atoms with Crippen molar-refractivity contribution in [3.05, 3.63) is 89.5 Å². The standard InChI is InChI=1S/C25H29NO4/c1-18(2-3-19-4-10-22(27)11-5-19)26(16-20-6-12-23(28)13-7-20)17-25(30)21-8-14-24(29)15-9-21/h4-15,18,25,27-30H,2-3,16-17H2,1H3/t18-,25-/m0/s1. The normalized spacial score (nSPS) is 13.3. The predicted octanol–water partition coefficient (Wildman–Crippen LogP) is 4.36. The molecule has 3 aromatic rings. The van der Waals surface area contributed by atoms with Crippen LogP contribution in [0.2, 0.25) is 0 Å². The van der Waals surface area contributed by atoms with Crippen molar-refractivity contribution >= 4 is 0 Å². The molecule has 0 aliphatic heterocycles. The lowest BCUT2D eigenvalue weighted by Crippen LogP contribution is -2.36. The molecule has 2 atom stereocenters. The molecule has 3 aromatic carbocycles. The van der Waals surface area contributed by atoms with Gasteiger partial charge >= 0.3 is 0 Å². The lowest BCUT2D eigenvalue weighted by molar-refractivity contribution is 0.0834. The molecule has 5 heteroatoms. The smallest absolute Gasteiger partial charge is 0.115 e. The van der Waals surface area contributed by atoms with Crippen LogP contribution < -0.4 is 0 Å². The van der Waals surface area contributed by atoms with Gasteiger partial charge in [0.05, 0.1) is 6.10 Å². The Kier molecular flexibility index (Phi) is 7.33. The molecule has 30 heavy (non-hydrogen) atoms. The summed E-state index contributed by atoms with van der Waals surface area (Å²) < 4.78 is 0. The minimum Gasteiger partial charge on any atom is -0.508 e. The van der Waals surface area contributed by atoms with Crippen LogP contribution in [0.1, 0.15) is 36.1 Å². The van der Waals surface area contributed by atoms with Crippen molar-refractivity contribution in [2.24, 2.45) is 0 Å². The Morgan fingerprint density at radius 1 is 0.700 bits per heavy atom. The van der Waals surface area contributed by atoms with Gasteiger partial charge in [0.25, 0.3) is 0 Å². The third kappa shape index (κ3) is 6.24. The highest BCUT2D eigenvalue weighted by Gasteiger charge is 2.19. The number of aromatic hydroxyl groups is 3. The molecule has 4 N–H and O–H groups in total. The van der Waals surface area contributed by atoms with Gasteiger partial charge in [-0.1, -0.05) is 36.4 Å². The maximum atomic E-state index is 10.8. The Morgan fingerprint density at radius 2 is 1.17 bits per heavy atom. The first-order valence-corrected chi connectivity index (χ1v) is 10.2. The summed E-state index contributed by atoms with van der Waals surface area (Å²) in [5, 5.41) is 39.3. The van der Waals surface area contributed by atoms with Crippen molar-refractivity contribution in [1.82, 2.24) is 4.90 Å². The zero-order valence-corrected chi connectivity index (χ0v) is 17.1. The SMILES string of the molecule is C[C@@H](CCc1ccc(O)cc1)N(Cc1ccc(O)cc1)C[C@H](O)c1ccc(O)cc1. The number of hydrogen-bond donors (Lipinski definition) is 4. The van der Waals surface area contributed by atoms with E-state index in [1.54, 1.807) is 48.5 Å². The summed E-state index contributed by atoms with van der Waals surface area (Å²) in [6.07, 6.45) is 1.08. The second-order valence-corrected chi connectivity index (χ2v) is 7.76. The fraction of sp³-hybridized carbons (Fsp3) is 0.280. The average Bonchev–Trinajstić information content (AvgIpc) is 2.74. The molecule has 0 aliphatic carbocycles. The molecular weight excluding hydrogens is 378 g/mol. The van der Waals surface area contributed by atoms with Crippen LogP contribution in [0.3, 0.4) is 0 Å². The number of nitrogens with zero attached hydrogens (tertiary/aromatic N) is 1. The topological polar surface area (TPSA) is 84.2 Å². The van der Waals surface area contributed by atoms with Crippen LogP contribution in [0, 0.1) is 0 Å². The van der Waals surface area contributed by atoms with Crippen LogP contribution >= 0.6 is 0 Å². The third-order valence-corrected chi connectivity index (χ3v) is 5.42. The number of hydrogen-bond acceptors (Lipinski definition) is 5. The van der Waals surface area contributed by atoms with Crippen molar-refractivity contribution in [2.75, 3.05) is 6.54 Å². The molecule has 0 saturated heterocycles. The Balaban J connectivity index is 1.70. The minimum absolute atomic E-state index is 0.175. The van der Waals surface area contributed by atoms with E-state index in [0.717, 1.165) is 29.5 Å². The van der Waals surface area contributed by atoms with Crippen LogP contribution in [0.5, 0.6) is 17.2 Å². The zero-order chi connectivity index (χ0) is 21.5. The van der Waals surface area contributed by atoms with Crippen molar-refractivity contribution < 1.29 is 20.4 Å². The van der Waals surface area contributed by atoms with Gasteiger partial charge in [0, 0.05) is 19.1 Å². The van der Waals surface area contributed by atoms with Gasteiger partial charge in [0.1, 0.15) is 17.2 Å². The van der Waals surface area contributed by atoms with E-state index < -0.39 is 6.10 Å². The van der Waals surface area contributed by atoms with Crippen molar-refractivity contribution in [2.45, 2.75) is 38.5 Å². The lowest BCUT2D eigenvalue weighted by atomic mass is 10.0. The summed E-state index contributed by atoms with van der Waals surface area (Å²) in [6, 6.07) is 21.2. The van der Waals surface area contributed by atoms with Crippen LogP contribution in [0.25, 0.3) is 0 Å². The highest BCUT2D eigenvalue weighted by atomic mass is 16.3. The summed E-state index contributed by atoms with van der Waals surface area (Å²) in [6.45, 7) is 3.24. The molecule has 0 heterocycles. The van der Waals surface area contributed by atoms with Gasteiger partial charge < -0.3 is 20.4 Å². The molecule has 5 nitrogen and oxygen atoms in total. The second-order valence-electron chi connectivity index (χ2n) is 7.76. The summed E-state index contributed by atoms with van der Waals surface area (Å²) in [4.78, 5) is 2.23. The zero-order valence-electron chi connectivity index (χ0n) is 17.1. The molecule has 0 fully saturated rings. The second kappa shape index (κ2) is 10.1. The summed E-state index contributed by atoms with van der Waals surface area (Å²) in [5.74, 6) is 0.668. The van der Waals surface area contributed by atoms with Gasteiger partial charge in [-0.3, -0.25) is 4.90 Å². The first-order valence-electron chi connectivity index (χ1n) is 10.2. The molecule has 0 aliphatic rings. The lowest BCUT2D eigenvalue weighted by Gasteiger charge is -2.31. The Bertz CT molecular complexity index is 907. The van der Waals surface area contributed by atoms with Gasteiger partial charge in [-0.05, 0) is 72.9 Å². The molecular formula is C25H29NO4. The molecule has 0 aromatic heterocycles. The fourth-order valence-corrected chi connectivity index (χ4v) is 3.48. The monoisotopic (exact) mass is 407 g/mol. The number of phenolic OH excluding ortho intramolecular Hbond substituents is 3. The Labute approximate surface area is 177 Å². The van der Waals surface area contributed by atoms with Crippen molar-refractivity contribution in [1.29, 1.82) is 0 Å². The first-order chi connectivity index (χ1) is 14.4. The number of phenols is 3. The van der Waals surface area contributed by atoms with Crippen LogP contribution in [-0.2, 0) is 13.0 Å². The predicted molar refractivity (Wildman–Crippen MR) is 117 cm³/mol. The highest BCUT2D eigenvalue weighted by Crippen LogP contribution is 2.22. The number of aliphatic hydroxyl groups is 1. The molecule has 0 spiro atoms. The number of aryl methyl sites for hydroxylation is 1. The van der Waals surface area contributed by atoms with E-state index in [9.17, 15) is 20.4 Å². The van der Waals surface area contributed by atoms with E-state index in [2.05, 4.69) is 11.8 Å². The maximum Gasteiger partial charge on any atom is 0.115 e. The summed E-state index contributed by atoms with van der Waals surface area (Å²) in [7, 11) is 0. The molecule has 158 valence electrons. The molecule has 0 radical (unpaired) electrons. The summed E-state index contributed by atoms with van der Waals surface area (Å²) in [5.41, 5.74) is 2.97. The number of aliphatic hydroxyl groups excluding tert-OH is 1.